The van der Waals surface area contributed by atoms with Crippen LogP contribution in [0.25, 0.3) is 0 Å². The highest BCUT2D eigenvalue weighted by atomic mass is 16.3. The Morgan fingerprint density at radius 1 is 1.19 bits per heavy atom. The Morgan fingerprint density at radius 3 is 2.44 bits per heavy atom. The van der Waals surface area contributed by atoms with Gasteiger partial charge in [0, 0.05) is 12.6 Å². The highest BCUT2D eigenvalue weighted by Crippen LogP contribution is 2.33. The van der Waals surface area contributed by atoms with Gasteiger partial charge in [-0.25, -0.2) is 0 Å². The average Bonchev–Trinajstić information content (AvgIpc) is 3.09. The van der Waals surface area contributed by atoms with Crippen LogP contribution >= 0.6 is 0 Å². The molecule has 0 bridgehead atoms. The molecular formula is C14H27NO. The number of rotatable bonds is 6. The van der Waals surface area contributed by atoms with Crippen molar-refractivity contribution in [1.82, 2.24) is 4.90 Å². The van der Waals surface area contributed by atoms with E-state index in [-0.39, 0.29) is 5.60 Å². The van der Waals surface area contributed by atoms with E-state index < -0.39 is 0 Å². The van der Waals surface area contributed by atoms with Crippen LogP contribution in [0.15, 0.2) is 0 Å². The molecule has 0 spiro atoms. The summed E-state index contributed by atoms with van der Waals surface area (Å²) in [6.07, 6.45) is 11.1. The lowest BCUT2D eigenvalue weighted by Crippen LogP contribution is -2.45. The maximum absolute atomic E-state index is 10.6. The third kappa shape index (κ3) is 3.46. The number of aliphatic hydroxyl groups is 1. The van der Waals surface area contributed by atoms with Crippen molar-refractivity contribution in [2.75, 3.05) is 13.1 Å². The third-order valence-corrected chi connectivity index (χ3v) is 4.14. The zero-order valence-corrected chi connectivity index (χ0v) is 10.7. The van der Waals surface area contributed by atoms with E-state index >= 15 is 0 Å². The molecule has 1 N–H and O–H groups in total. The molecular weight excluding hydrogens is 198 g/mol. The average molecular weight is 225 g/mol. The lowest BCUT2D eigenvalue weighted by Gasteiger charge is -2.37. The highest BCUT2D eigenvalue weighted by Gasteiger charge is 2.36. The van der Waals surface area contributed by atoms with Gasteiger partial charge in [-0.3, -0.25) is 4.90 Å². The summed E-state index contributed by atoms with van der Waals surface area (Å²) < 4.78 is 0. The first-order valence-corrected chi connectivity index (χ1v) is 7.20. The molecule has 0 saturated heterocycles. The minimum Gasteiger partial charge on any atom is -0.389 e. The molecule has 2 aliphatic carbocycles. The van der Waals surface area contributed by atoms with Crippen molar-refractivity contribution in [2.24, 2.45) is 0 Å². The second-order valence-corrected chi connectivity index (χ2v) is 5.84. The van der Waals surface area contributed by atoms with Crippen LogP contribution in [0, 0.1) is 0 Å². The van der Waals surface area contributed by atoms with Gasteiger partial charge in [0.1, 0.15) is 0 Å². The summed E-state index contributed by atoms with van der Waals surface area (Å²) in [6, 6.07) is 0.803. The van der Waals surface area contributed by atoms with Crippen LogP contribution in [0.5, 0.6) is 0 Å². The maximum Gasteiger partial charge on any atom is 0.0774 e. The largest absolute Gasteiger partial charge is 0.389 e. The minimum atomic E-state index is -0.353. The SMILES string of the molecule is CCCCN(CC1(O)CCCCC1)C1CC1. The standard InChI is InChI=1S/C14H27NO/c1-2-3-11-15(13-7-8-13)12-14(16)9-5-4-6-10-14/h13,16H,2-12H2,1H3. The molecule has 2 saturated carbocycles. The van der Waals surface area contributed by atoms with E-state index in [0.717, 1.165) is 25.4 Å². The molecule has 0 aromatic rings. The molecule has 0 radical (unpaired) electrons. The van der Waals surface area contributed by atoms with Crippen LogP contribution in [0.2, 0.25) is 0 Å². The Balaban J connectivity index is 1.83. The summed E-state index contributed by atoms with van der Waals surface area (Å²) in [5.41, 5.74) is -0.353. The molecule has 2 rings (SSSR count). The molecule has 2 aliphatic rings. The van der Waals surface area contributed by atoms with Crippen LogP contribution in [0.3, 0.4) is 0 Å². The minimum absolute atomic E-state index is 0.353. The normalized spacial score (nSPS) is 24.9. The molecule has 2 fully saturated rings. The fraction of sp³-hybridized carbons (Fsp3) is 1.00. The predicted octanol–water partition coefficient (Wildman–Crippen LogP) is 2.95. The lowest BCUT2D eigenvalue weighted by atomic mass is 9.84. The van der Waals surface area contributed by atoms with Crippen molar-refractivity contribution in [3.8, 4) is 0 Å². The second kappa shape index (κ2) is 5.50. The van der Waals surface area contributed by atoms with Gasteiger partial charge in [0.25, 0.3) is 0 Å². The summed E-state index contributed by atoms with van der Waals surface area (Å²) in [4.78, 5) is 2.56. The molecule has 0 heterocycles. The number of hydrogen-bond donors (Lipinski definition) is 1. The maximum atomic E-state index is 10.6. The molecule has 2 heteroatoms. The van der Waals surface area contributed by atoms with E-state index in [1.54, 1.807) is 0 Å². The van der Waals surface area contributed by atoms with Crippen molar-refractivity contribution in [3.63, 3.8) is 0 Å². The molecule has 16 heavy (non-hydrogen) atoms. The van der Waals surface area contributed by atoms with Gasteiger partial charge in [-0.1, -0.05) is 32.6 Å². The summed E-state index contributed by atoms with van der Waals surface area (Å²) >= 11 is 0. The Hall–Kier alpha value is -0.0800. The van der Waals surface area contributed by atoms with Gasteiger partial charge < -0.3 is 5.11 Å². The quantitative estimate of drug-likeness (QED) is 0.751. The van der Waals surface area contributed by atoms with Crippen molar-refractivity contribution in [3.05, 3.63) is 0 Å². The van der Waals surface area contributed by atoms with Gasteiger partial charge in [0.05, 0.1) is 5.60 Å². The van der Waals surface area contributed by atoms with Gasteiger partial charge >= 0.3 is 0 Å². The van der Waals surface area contributed by atoms with Gasteiger partial charge in [-0.2, -0.15) is 0 Å². The zero-order chi connectivity index (χ0) is 11.4. The first-order valence-electron chi connectivity index (χ1n) is 7.20. The highest BCUT2D eigenvalue weighted by molar-refractivity contribution is 4.91. The molecule has 94 valence electrons. The molecule has 0 aliphatic heterocycles. The van der Waals surface area contributed by atoms with Crippen LogP contribution in [-0.4, -0.2) is 34.7 Å². The van der Waals surface area contributed by atoms with Crippen LogP contribution in [-0.2, 0) is 0 Å². The third-order valence-electron chi connectivity index (χ3n) is 4.14. The number of hydrogen-bond acceptors (Lipinski definition) is 2. The topological polar surface area (TPSA) is 23.5 Å². The summed E-state index contributed by atoms with van der Waals surface area (Å²) in [5, 5.41) is 10.6. The molecule has 0 amide bonds. The first kappa shape index (κ1) is 12.4. The molecule has 2 nitrogen and oxygen atoms in total. The Bertz CT molecular complexity index is 207. The smallest absolute Gasteiger partial charge is 0.0774 e. The van der Waals surface area contributed by atoms with Gasteiger partial charge in [0.2, 0.25) is 0 Å². The van der Waals surface area contributed by atoms with Crippen LogP contribution in [0.4, 0.5) is 0 Å². The summed E-state index contributed by atoms with van der Waals surface area (Å²) in [7, 11) is 0. The van der Waals surface area contributed by atoms with Gasteiger partial charge in [-0.05, 0) is 38.6 Å². The number of unbranched alkanes of at least 4 members (excludes halogenated alkanes) is 1. The molecule has 0 atom stereocenters. The fourth-order valence-electron chi connectivity index (χ4n) is 2.94. The summed E-state index contributed by atoms with van der Waals surface area (Å²) in [5.74, 6) is 0. The molecule has 0 unspecified atom stereocenters. The second-order valence-electron chi connectivity index (χ2n) is 5.84. The van der Waals surface area contributed by atoms with Crippen molar-refractivity contribution in [1.29, 1.82) is 0 Å². The van der Waals surface area contributed by atoms with E-state index in [1.807, 2.05) is 0 Å². The number of nitrogens with zero attached hydrogens (tertiary/aromatic N) is 1. The zero-order valence-electron chi connectivity index (χ0n) is 10.7. The van der Waals surface area contributed by atoms with E-state index in [0.29, 0.717) is 0 Å². The molecule has 0 aromatic heterocycles. The van der Waals surface area contributed by atoms with E-state index in [1.165, 1.54) is 51.5 Å². The van der Waals surface area contributed by atoms with Crippen LogP contribution < -0.4 is 0 Å². The van der Waals surface area contributed by atoms with Crippen LogP contribution in [0.1, 0.15) is 64.7 Å². The predicted molar refractivity (Wildman–Crippen MR) is 67.5 cm³/mol. The lowest BCUT2D eigenvalue weighted by molar-refractivity contribution is -0.0284. The Kier molecular flexibility index (Phi) is 4.26. The van der Waals surface area contributed by atoms with E-state index in [9.17, 15) is 5.11 Å². The Morgan fingerprint density at radius 2 is 1.88 bits per heavy atom. The van der Waals surface area contributed by atoms with E-state index in [4.69, 9.17) is 0 Å². The first-order chi connectivity index (χ1) is 7.73. The van der Waals surface area contributed by atoms with Gasteiger partial charge in [-0.15, -0.1) is 0 Å². The van der Waals surface area contributed by atoms with Crippen molar-refractivity contribution < 1.29 is 5.11 Å². The van der Waals surface area contributed by atoms with Crippen molar-refractivity contribution >= 4 is 0 Å². The van der Waals surface area contributed by atoms with Gasteiger partial charge in [0.15, 0.2) is 0 Å². The Labute approximate surface area is 100 Å². The van der Waals surface area contributed by atoms with E-state index in [2.05, 4.69) is 11.8 Å². The monoisotopic (exact) mass is 225 g/mol. The molecule has 0 aromatic carbocycles. The fourth-order valence-corrected chi connectivity index (χ4v) is 2.94. The van der Waals surface area contributed by atoms with Crippen molar-refractivity contribution in [2.45, 2.75) is 76.4 Å². The summed E-state index contributed by atoms with van der Waals surface area (Å²) in [6.45, 7) is 4.39.